The summed E-state index contributed by atoms with van der Waals surface area (Å²) in [6.07, 6.45) is 1.31. The minimum absolute atomic E-state index is 0.150. The molecular weight excluding hydrogens is 284 g/mol. The van der Waals surface area contributed by atoms with E-state index >= 15 is 0 Å². The maximum absolute atomic E-state index is 11.9. The summed E-state index contributed by atoms with van der Waals surface area (Å²) in [4.78, 5) is 2.38. The van der Waals surface area contributed by atoms with Gasteiger partial charge in [-0.1, -0.05) is 45.0 Å². The van der Waals surface area contributed by atoms with E-state index < -0.39 is 10.0 Å². The number of rotatable bonds is 4. The van der Waals surface area contributed by atoms with Crippen molar-refractivity contribution < 1.29 is 8.42 Å². The van der Waals surface area contributed by atoms with Gasteiger partial charge >= 0.3 is 0 Å². The quantitative estimate of drug-likeness (QED) is 0.858. The number of benzene rings is 1. The first kappa shape index (κ1) is 16.5. The zero-order valence-corrected chi connectivity index (χ0v) is 14.2. The minimum atomic E-state index is -3.12. The van der Waals surface area contributed by atoms with Crippen molar-refractivity contribution in [3.8, 4) is 0 Å². The van der Waals surface area contributed by atoms with Gasteiger partial charge in [-0.15, -0.1) is 0 Å². The SMILES string of the molecule is CCN1CCN(S(C)(=O)=O)CC1c1ccccc1C(C)C. The van der Waals surface area contributed by atoms with Crippen molar-refractivity contribution in [3.63, 3.8) is 0 Å². The molecule has 0 aromatic heterocycles. The lowest BCUT2D eigenvalue weighted by atomic mass is 9.91. The van der Waals surface area contributed by atoms with Crippen LogP contribution < -0.4 is 0 Å². The van der Waals surface area contributed by atoms with Crippen molar-refractivity contribution in [2.45, 2.75) is 32.7 Å². The van der Waals surface area contributed by atoms with E-state index in [4.69, 9.17) is 0 Å². The highest BCUT2D eigenvalue weighted by Gasteiger charge is 2.32. The second kappa shape index (κ2) is 6.46. The number of piperazine rings is 1. The van der Waals surface area contributed by atoms with Crippen LogP contribution in [0.5, 0.6) is 0 Å². The zero-order valence-electron chi connectivity index (χ0n) is 13.4. The summed E-state index contributed by atoms with van der Waals surface area (Å²) in [6.45, 7) is 9.39. The van der Waals surface area contributed by atoms with Crippen LogP contribution in [-0.4, -0.2) is 50.1 Å². The highest BCUT2D eigenvalue weighted by Crippen LogP contribution is 2.31. The van der Waals surface area contributed by atoms with E-state index in [9.17, 15) is 8.42 Å². The predicted molar refractivity (Wildman–Crippen MR) is 86.9 cm³/mol. The Hall–Kier alpha value is -0.910. The molecule has 0 amide bonds. The Morgan fingerprint density at radius 3 is 2.48 bits per heavy atom. The average molecular weight is 310 g/mol. The van der Waals surface area contributed by atoms with Gasteiger partial charge in [-0.2, -0.15) is 4.31 Å². The van der Waals surface area contributed by atoms with Crippen LogP contribution in [0.3, 0.4) is 0 Å². The molecule has 0 N–H and O–H groups in total. The molecule has 1 aliphatic heterocycles. The molecule has 5 heteroatoms. The summed E-state index contributed by atoms with van der Waals surface area (Å²) < 4.78 is 25.4. The fourth-order valence-corrected chi connectivity index (χ4v) is 3.94. The Labute approximate surface area is 128 Å². The fraction of sp³-hybridized carbons (Fsp3) is 0.625. The molecule has 118 valence electrons. The molecule has 0 aliphatic carbocycles. The molecule has 1 atom stereocenters. The lowest BCUT2D eigenvalue weighted by molar-refractivity contribution is 0.124. The minimum Gasteiger partial charge on any atom is -0.294 e. The van der Waals surface area contributed by atoms with Crippen molar-refractivity contribution in [3.05, 3.63) is 35.4 Å². The van der Waals surface area contributed by atoms with Gasteiger partial charge in [-0.25, -0.2) is 8.42 Å². The molecule has 1 fully saturated rings. The lowest BCUT2D eigenvalue weighted by Gasteiger charge is -2.41. The molecule has 1 saturated heterocycles. The molecule has 1 aromatic rings. The van der Waals surface area contributed by atoms with Crippen LogP contribution in [0.25, 0.3) is 0 Å². The third kappa shape index (κ3) is 3.65. The molecule has 21 heavy (non-hydrogen) atoms. The Bertz CT molecular complexity index is 584. The van der Waals surface area contributed by atoms with Gasteiger partial charge < -0.3 is 0 Å². The van der Waals surface area contributed by atoms with Gasteiger partial charge in [0, 0.05) is 25.7 Å². The smallest absolute Gasteiger partial charge is 0.211 e. The molecule has 4 nitrogen and oxygen atoms in total. The highest BCUT2D eigenvalue weighted by molar-refractivity contribution is 7.88. The summed E-state index contributed by atoms with van der Waals surface area (Å²) in [5.41, 5.74) is 2.58. The lowest BCUT2D eigenvalue weighted by Crippen LogP contribution is -2.50. The third-order valence-corrected chi connectivity index (χ3v) is 5.58. The zero-order chi connectivity index (χ0) is 15.6. The van der Waals surface area contributed by atoms with E-state index in [0.29, 0.717) is 19.0 Å². The van der Waals surface area contributed by atoms with Crippen LogP contribution in [0, 0.1) is 0 Å². The van der Waals surface area contributed by atoms with Gasteiger partial charge in [0.15, 0.2) is 0 Å². The highest BCUT2D eigenvalue weighted by atomic mass is 32.2. The van der Waals surface area contributed by atoms with Crippen LogP contribution in [0.4, 0.5) is 0 Å². The normalized spacial score (nSPS) is 21.9. The summed E-state index contributed by atoms with van der Waals surface area (Å²) in [5, 5.41) is 0. The van der Waals surface area contributed by atoms with E-state index in [-0.39, 0.29) is 6.04 Å². The molecule has 1 unspecified atom stereocenters. The monoisotopic (exact) mass is 310 g/mol. The van der Waals surface area contributed by atoms with E-state index in [1.807, 2.05) is 0 Å². The van der Waals surface area contributed by atoms with Crippen molar-refractivity contribution in [2.24, 2.45) is 0 Å². The predicted octanol–water partition coefficient (Wildman–Crippen LogP) is 2.45. The molecular formula is C16H26N2O2S. The van der Waals surface area contributed by atoms with Gasteiger partial charge in [0.05, 0.1) is 6.26 Å². The second-order valence-electron chi connectivity index (χ2n) is 6.05. The molecule has 2 rings (SSSR count). The summed E-state index contributed by atoms with van der Waals surface area (Å²) in [5.74, 6) is 0.438. The number of sulfonamides is 1. The Morgan fingerprint density at radius 2 is 1.90 bits per heavy atom. The van der Waals surface area contributed by atoms with Crippen molar-refractivity contribution in [2.75, 3.05) is 32.4 Å². The number of hydrogen-bond acceptors (Lipinski definition) is 3. The Balaban J connectivity index is 2.38. The van der Waals surface area contributed by atoms with Crippen molar-refractivity contribution in [1.82, 2.24) is 9.21 Å². The molecule has 0 spiro atoms. The van der Waals surface area contributed by atoms with Crippen LogP contribution in [-0.2, 0) is 10.0 Å². The second-order valence-corrected chi connectivity index (χ2v) is 8.03. The summed E-state index contributed by atoms with van der Waals surface area (Å²) in [6, 6.07) is 8.57. The van der Waals surface area contributed by atoms with Gasteiger partial charge in [-0.05, 0) is 23.6 Å². The Kier molecular flexibility index (Phi) is 5.07. The fourth-order valence-electron chi connectivity index (χ4n) is 3.11. The van der Waals surface area contributed by atoms with Crippen LogP contribution >= 0.6 is 0 Å². The van der Waals surface area contributed by atoms with E-state index in [2.05, 4.69) is 49.9 Å². The van der Waals surface area contributed by atoms with Gasteiger partial charge in [-0.3, -0.25) is 4.90 Å². The molecule has 1 aromatic carbocycles. The molecule has 0 saturated carbocycles. The van der Waals surface area contributed by atoms with Crippen LogP contribution in [0.2, 0.25) is 0 Å². The van der Waals surface area contributed by atoms with Crippen molar-refractivity contribution >= 4 is 10.0 Å². The standard InChI is InChI=1S/C16H26N2O2S/c1-5-17-10-11-18(21(4,19)20)12-16(17)15-9-7-6-8-14(15)13(2)3/h6-9,13,16H,5,10-12H2,1-4H3. The maximum Gasteiger partial charge on any atom is 0.211 e. The van der Waals surface area contributed by atoms with Gasteiger partial charge in [0.1, 0.15) is 0 Å². The largest absolute Gasteiger partial charge is 0.294 e. The topological polar surface area (TPSA) is 40.6 Å². The Morgan fingerprint density at radius 1 is 1.24 bits per heavy atom. The first-order chi connectivity index (χ1) is 9.84. The van der Waals surface area contributed by atoms with Gasteiger partial charge in [0.2, 0.25) is 10.0 Å². The molecule has 0 radical (unpaired) electrons. The first-order valence-corrected chi connectivity index (χ1v) is 9.47. The number of nitrogens with zero attached hydrogens (tertiary/aromatic N) is 2. The summed E-state index contributed by atoms with van der Waals surface area (Å²) >= 11 is 0. The van der Waals surface area contributed by atoms with Crippen molar-refractivity contribution in [1.29, 1.82) is 0 Å². The van der Waals surface area contributed by atoms with E-state index in [1.165, 1.54) is 17.4 Å². The average Bonchev–Trinajstić information content (AvgIpc) is 2.45. The third-order valence-electron chi connectivity index (χ3n) is 4.31. The summed E-state index contributed by atoms with van der Waals surface area (Å²) in [7, 11) is -3.12. The van der Waals surface area contributed by atoms with Gasteiger partial charge in [0.25, 0.3) is 0 Å². The van der Waals surface area contributed by atoms with Crippen LogP contribution in [0.1, 0.15) is 43.9 Å². The first-order valence-electron chi connectivity index (χ1n) is 7.62. The number of hydrogen-bond donors (Lipinski definition) is 0. The number of likely N-dealkylation sites (N-methyl/N-ethyl adjacent to an activating group) is 1. The molecule has 0 bridgehead atoms. The van der Waals surface area contributed by atoms with E-state index in [0.717, 1.165) is 13.1 Å². The van der Waals surface area contributed by atoms with E-state index in [1.54, 1.807) is 4.31 Å². The molecule has 1 aliphatic rings. The van der Waals surface area contributed by atoms with Crippen LogP contribution in [0.15, 0.2) is 24.3 Å². The molecule has 1 heterocycles. The maximum atomic E-state index is 11.9.